The molecule has 1 aliphatic heterocycles. The molecule has 0 amide bonds. The van der Waals surface area contributed by atoms with Crippen molar-refractivity contribution in [1.29, 1.82) is 0 Å². The highest BCUT2D eigenvalue weighted by atomic mass is 32.2. The van der Waals surface area contributed by atoms with Gasteiger partial charge < -0.3 is 9.64 Å². The van der Waals surface area contributed by atoms with Crippen LogP contribution in [0.5, 0.6) is 5.75 Å². The maximum Gasteiger partial charge on any atom is 0.240 e. The molecule has 0 unspecified atom stereocenters. The molecule has 1 N–H and O–H groups in total. The largest absolute Gasteiger partial charge is 0.491 e. The van der Waals surface area contributed by atoms with Gasteiger partial charge in [0.15, 0.2) is 11.6 Å². The van der Waals surface area contributed by atoms with Crippen molar-refractivity contribution in [1.82, 2.24) is 4.72 Å². The highest BCUT2D eigenvalue weighted by Gasteiger charge is 2.16. The highest BCUT2D eigenvalue weighted by molar-refractivity contribution is 7.89. The van der Waals surface area contributed by atoms with Crippen molar-refractivity contribution in [2.45, 2.75) is 37.5 Å². The van der Waals surface area contributed by atoms with E-state index in [9.17, 15) is 12.8 Å². The number of benzene rings is 2. The molecule has 0 aliphatic carbocycles. The first-order valence-corrected chi connectivity index (χ1v) is 11.2. The number of anilines is 1. The Morgan fingerprint density at radius 1 is 1.07 bits per heavy atom. The molecule has 3 rings (SSSR count). The summed E-state index contributed by atoms with van der Waals surface area (Å²) in [5, 5.41) is 0. The lowest BCUT2D eigenvalue weighted by Crippen LogP contribution is -2.29. The van der Waals surface area contributed by atoms with Crippen LogP contribution in [0, 0.1) is 5.82 Å². The predicted octanol–water partition coefficient (Wildman–Crippen LogP) is 3.74. The second-order valence-electron chi connectivity index (χ2n) is 6.89. The molecular formula is C21H27FN2O3S. The SMILES string of the molecule is CCOc1ccc(S(=O)(=O)NCCc2ccc(N3CCCCC3)cc2)cc1F. The van der Waals surface area contributed by atoms with E-state index in [1.165, 1.54) is 37.1 Å². The molecule has 0 spiro atoms. The van der Waals surface area contributed by atoms with Crippen molar-refractivity contribution < 1.29 is 17.5 Å². The highest BCUT2D eigenvalue weighted by Crippen LogP contribution is 2.22. The van der Waals surface area contributed by atoms with E-state index in [2.05, 4.69) is 21.8 Å². The van der Waals surface area contributed by atoms with Gasteiger partial charge in [0.25, 0.3) is 0 Å². The van der Waals surface area contributed by atoms with Crippen molar-refractivity contribution in [2.24, 2.45) is 0 Å². The maximum absolute atomic E-state index is 13.9. The molecule has 28 heavy (non-hydrogen) atoms. The third-order valence-electron chi connectivity index (χ3n) is 4.88. The van der Waals surface area contributed by atoms with Crippen molar-refractivity contribution >= 4 is 15.7 Å². The molecule has 0 atom stereocenters. The first-order valence-electron chi connectivity index (χ1n) is 9.75. The molecule has 1 aliphatic rings. The molecule has 0 aromatic heterocycles. The van der Waals surface area contributed by atoms with Crippen LogP contribution in [-0.4, -0.2) is 34.7 Å². The smallest absolute Gasteiger partial charge is 0.240 e. The topological polar surface area (TPSA) is 58.6 Å². The van der Waals surface area contributed by atoms with Crippen LogP contribution >= 0.6 is 0 Å². The van der Waals surface area contributed by atoms with Gasteiger partial charge in [-0.05, 0) is 68.5 Å². The number of hydrogen-bond donors (Lipinski definition) is 1. The molecule has 0 radical (unpaired) electrons. The number of sulfonamides is 1. The van der Waals surface area contributed by atoms with Crippen LogP contribution in [-0.2, 0) is 16.4 Å². The van der Waals surface area contributed by atoms with Crippen LogP contribution in [0.1, 0.15) is 31.7 Å². The van der Waals surface area contributed by atoms with Crippen molar-refractivity contribution in [3.63, 3.8) is 0 Å². The van der Waals surface area contributed by atoms with Crippen LogP contribution in [0.3, 0.4) is 0 Å². The van der Waals surface area contributed by atoms with E-state index in [1.54, 1.807) is 6.92 Å². The van der Waals surface area contributed by atoms with Crippen molar-refractivity contribution in [3.8, 4) is 5.75 Å². The maximum atomic E-state index is 13.9. The molecule has 2 aromatic carbocycles. The minimum absolute atomic E-state index is 0.0512. The Labute approximate surface area is 166 Å². The minimum Gasteiger partial charge on any atom is -0.491 e. The summed E-state index contributed by atoms with van der Waals surface area (Å²) in [6.45, 7) is 4.50. The number of nitrogens with one attached hydrogen (secondary N) is 1. The zero-order valence-corrected chi connectivity index (χ0v) is 17.0. The third kappa shape index (κ3) is 5.23. The van der Waals surface area contributed by atoms with Crippen LogP contribution in [0.4, 0.5) is 10.1 Å². The van der Waals surface area contributed by atoms with Crippen LogP contribution < -0.4 is 14.4 Å². The van der Waals surface area contributed by atoms with Gasteiger partial charge in [-0.3, -0.25) is 0 Å². The fourth-order valence-electron chi connectivity index (χ4n) is 3.36. The molecule has 5 nitrogen and oxygen atoms in total. The number of hydrogen-bond acceptors (Lipinski definition) is 4. The minimum atomic E-state index is -3.76. The summed E-state index contributed by atoms with van der Waals surface area (Å²) in [5.74, 6) is -0.631. The summed E-state index contributed by atoms with van der Waals surface area (Å²) in [6, 6.07) is 11.9. The Morgan fingerprint density at radius 3 is 2.43 bits per heavy atom. The molecule has 152 valence electrons. The van der Waals surface area contributed by atoms with Gasteiger partial charge in [-0.25, -0.2) is 17.5 Å². The van der Waals surface area contributed by atoms with Crippen LogP contribution in [0.25, 0.3) is 0 Å². The number of piperidine rings is 1. The van der Waals surface area contributed by atoms with E-state index in [0.29, 0.717) is 13.0 Å². The quantitative estimate of drug-likeness (QED) is 0.726. The summed E-state index contributed by atoms with van der Waals surface area (Å²) < 4.78 is 46.3. The molecule has 1 fully saturated rings. The van der Waals surface area contributed by atoms with E-state index in [4.69, 9.17) is 4.74 Å². The van der Waals surface area contributed by atoms with Gasteiger partial charge in [0, 0.05) is 25.3 Å². The fraction of sp³-hybridized carbons (Fsp3) is 0.429. The van der Waals surface area contributed by atoms with E-state index in [1.807, 2.05) is 12.1 Å². The molecule has 2 aromatic rings. The number of halogens is 1. The van der Waals surface area contributed by atoms with Gasteiger partial charge in [-0.2, -0.15) is 0 Å². The van der Waals surface area contributed by atoms with E-state index >= 15 is 0 Å². The first-order chi connectivity index (χ1) is 13.5. The molecular weight excluding hydrogens is 379 g/mol. The lowest BCUT2D eigenvalue weighted by atomic mass is 10.1. The third-order valence-corrected chi connectivity index (χ3v) is 6.34. The average molecular weight is 407 g/mol. The van der Waals surface area contributed by atoms with E-state index in [-0.39, 0.29) is 17.2 Å². The molecule has 0 bridgehead atoms. The average Bonchev–Trinajstić information content (AvgIpc) is 2.71. The van der Waals surface area contributed by atoms with Crippen molar-refractivity contribution in [2.75, 3.05) is 31.1 Å². The fourth-order valence-corrected chi connectivity index (χ4v) is 4.40. The zero-order chi connectivity index (χ0) is 20.0. The van der Waals surface area contributed by atoms with Crippen molar-refractivity contribution in [3.05, 3.63) is 53.8 Å². The summed E-state index contributed by atoms with van der Waals surface area (Å²) in [7, 11) is -3.76. The van der Waals surface area contributed by atoms with Gasteiger partial charge in [0.1, 0.15) is 0 Å². The Bertz CT molecular complexity index is 879. The first kappa shape index (κ1) is 20.6. The van der Waals surface area contributed by atoms with E-state index in [0.717, 1.165) is 24.7 Å². The monoisotopic (exact) mass is 406 g/mol. The number of nitrogens with zero attached hydrogens (tertiary/aromatic N) is 1. The van der Waals surface area contributed by atoms with E-state index < -0.39 is 15.8 Å². The Kier molecular flexibility index (Phi) is 6.91. The summed E-state index contributed by atoms with van der Waals surface area (Å²) >= 11 is 0. The second-order valence-corrected chi connectivity index (χ2v) is 8.65. The summed E-state index contributed by atoms with van der Waals surface area (Å²) in [6.07, 6.45) is 4.33. The Hall–Kier alpha value is -2.12. The lowest BCUT2D eigenvalue weighted by molar-refractivity contribution is 0.321. The van der Waals surface area contributed by atoms with Crippen LogP contribution in [0.2, 0.25) is 0 Å². The molecule has 0 saturated carbocycles. The summed E-state index contributed by atoms with van der Waals surface area (Å²) in [4.78, 5) is 2.28. The van der Waals surface area contributed by atoms with Gasteiger partial charge in [0.05, 0.1) is 11.5 Å². The molecule has 1 saturated heterocycles. The van der Waals surface area contributed by atoms with Crippen LogP contribution in [0.15, 0.2) is 47.4 Å². The van der Waals surface area contributed by atoms with Gasteiger partial charge in [0.2, 0.25) is 10.0 Å². The standard InChI is InChI=1S/C21H27FN2O3S/c1-2-27-21-11-10-19(16-20(21)22)28(25,26)23-13-12-17-6-8-18(9-7-17)24-14-4-3-5-15-24/h6-11,16,23H,2-5,12-15H2,1H3. The van der Waals surface area contributed by atoms with Gasteiger partial charge >= 0.3 is 0 Å². The Morgan fingerprint density at radius 2 is 1.79 bits per heavy atom. The molecule has 1 heterocycles. The van der Waals surface area contributed by atoms with Gasteiger partial charge in [-0.15, -0.1) is 0 Å². The number of ether oxygens (including phenoxy) is 1. The molecule has 7 heteroatoms. The summed E-state index contributed by atoms with van der Waals surface area (Å²) in [5.41, 5.74) is 2.27. The Balaban J connectivity index is 1.55. The van der Waals surface area contributed by atoms with Gasteiger partial charge in [-0.1, -0.05) is 12.1 Å². The lowest BCUT2D eigenvalue weighted by Gasteiger charge is -2.28. The number of rotatable bonds is 8. The predicted molar refractivity (Wildman–Crippen MR) is 109 cm³/mol. The second kappa shape index (κ2) is 9.39. The normalized spacial score (nSPS) is 14.9. The zero-order valence-electron chi connectivity index (χ0n) is 16.2.